The van der Waals surface area contributed by atoms with Crippen LogP contribution >= 0.6 is 15.9 Å². The number of aromatic hydroxyl groups is 1. The molecule has 0 aliphatic heterocycles. The van der Waals surface area contributed by atoms with Crippen molar-refractivity contribution in [3.63, 3.8) is 0 Å². The zero-order chi connectivity index (χ0) is 9.14. The Labute approximate surface area is 80.9 Å². The largest absolute Gasteiger partial charge is 0.506 e. The lowest BCUT2D eigenvalue weighted by Crippen LogP contribution is -1.89. The van der Waals surface area contributed by atoms with Gasteiger partial charge in [-0.3, -0.25) is 0 Å². The Balaban J connectivity index is 3.15. The summed E-state index contributed by atoms with van der Waals surface area (Å²) >= 11 is 3.26. The van der Waals surface area contributed by atoms with E-state index in [0.29, 0.717) is 5.75 Å². The number of hydrogen-bond donors (Lipinski definition) is 1. The van der Waals surface area contributed by atoms with Crippen LogP contribution < -0.4 is 0 Å². The molecule has 0 spiro atoms. The van der Waals surface area contributed by atoms with Crippen molar-refractivity contribution < 1.29 is 5.11 Å². The van der Waals surface area contributed by atoms with E-state index in [4.69, 9.17) is 0 Å². The summed E-state index contributed by atoms with van der Waals surface area (Å²) in [6.07, 6.45) is 1.81. The van der Waals surface area contributed by atoms with Crippen molar-refractivity contribution in [1.82, 2.24) is 0 Å². The van der Waals surface area contributed by atoms with E-state index in [9.17, 15) is 5.11 Å². The molecule has 0 aliphatic rings. The maximum atomic E-state index is 9.60. The van der Waals surface area contributed by atoms with Gasteiger partial charge in [-0.2, -0.15) is 0 Å². The van der Waals surface area contributed by atoms with Gasteiger partial charge < -0.3 is 5.11 Å². The molecular formula is C10H11BrO. The van der Waals surface area contributed by atoms with Gasteiger partial charge in [0.25, 0.3) is 0 Å². The van der Waals surface area contributed by atoms with Gasteiger partial charge in [-0.1, -0.05) is 25.1 Å². The lowest BCUT2D eigenvalue weighted by Gasteiger charge is -2.09. The van der Waals surface area contributed by atoms with Crippen LogP contribution in [0, 0.1) is 0 Å². The molecule has 1 nitrogen and oxygen atoms in total. The Bertz CT molecular complexity index is 294. The van der Waals surface area contributed by atoms with Crippen LogP contribution in [0.2, 0.25) is 0 Å². The standard InChI is InChI=1S/C10H11BrO/c1-3-7(2)8-5-4-6-9(11)10(8)12/h3-7,12H,1H2,2H3. The first kappa shape index (κ1) is 9.33. The topological polar surface area (TPSA) is 20.2 Å². The fraction of sp³-hybridized carbons (Fsp3) is 0.200. The molecule has 1 rings (SSSR count). The number of phenols is 1. The molecule has 0 bridgehead atoms. The third-order valence-corrected chi connectivity index (χ3v) is 2.50. The Morgan fingerprint density at radius 3 is 2.83 bits per heavy atom. The highest BCUT2D eigenvalue weighted by atomic mass is 79.9. The molecule has 64 valence electrons. The molecule has 0 heterocycles. The molecule has 1 N–H and O–H groups in total. The average molecular weight is 227 g/mol. The molecule has 1 unspecified atom stereocenters. The maximum absolute atomic E-state index is 9.60. The molecular weight excluding hydrogens is 216 g/mol. The molecule has 2 heteroatoms. The minimum absolute atomic E-state index is 0.183. The lowest BCUT2D eigenvalue weighted by molar-refractivity contribution is 0.463. The number of allylic oxidation sites excluding steroid dienone is 1. The van der Waals surface area contributed by atoms with Crippen LogP contribution in [0.4, 0.5) is 0 Å². The van der Waals surface area contributed by atoms with Crippen molar-refractivity contribution >= 4 is 15.9 Å². The number of para-hydroxylation sites is 1. The van der Waals surface area contributed by atoms with E-state index in [1.165, 1.54) is 0 Å². The molecule has 0 fully saturated rings. The van der Waals surface area contributed by atoms with Gasteiger partial charge >= 0.3 is 0 Å². The molecule has 12 heavy (non-hydrogen) atoms. The van der Waals surface area contributed by atoms with Gasteiger partial charge in [0.2, 0.25) is 0 Å². The fourth-order valence-corrected chi connectivity index (χ4v) is 1.41. The molecule has 1 atom stereocenters. The first-order valence-corrected chi connectivity index (χ1v) is 4.56. The number of halogens is 1. The molecule has 0 amide bonds. The summed E-state index contributed by atoms with van der Waals surface area (Å²) in [6, 6.07) is 5.61. The van der Waals surface area contributed by atoms with Crippen molar-refractivity contribution in [1.29, 1.82) is 0 Å². The quantitative estimate of drug-likeness (QED) is 0.767. The molecule has 0 aromatic heterocycles. The van der Waals surface area contributed by atoms with E-state index >= 15 is 0 Å². The van der Waals surface area contributed by atoms with Crippen molar-refractivity contribution in [2.24, 2.45) is 0 Å². The molecule has 0 radical (unpaired) electrons. The molecule has 0 saturated heterocycles. The minimum Gasteiger partial charge on any atom is -0.506 e. The number of rotatable bonds is 2. The zero-order valence-corrected chi connectivity index (χ0v) is 8.51. The van der Waals surface area contributed by atoms with Gasteiger partial charge in [0.15, 0.2) is 0 Å². The summed E-state index contributed by atoms with van der Waals surface area (Å²) in [6.45, 7) is 5.68. The summed E-state index contributed by atoms with van der Waals surface area (Å²) in [5.41, 5.74) is 0.902. The van der Waals surface area contributed by atoms with Crippen LogP contribution in [0.1, 0.15) is 18.4 Å². The first-order chi connectivity index (χ1) is 5.66. The highest BCUT2D eigenvalue weighted by Crippen LogP contribution is 2.32. The van der Waals surface area contributed by atoms with Gasteiger partial charge in [0.1, 0.15) is 5.75 Å². The van der Waals surface area contributed by atoms with E-state index in [1.807, 2.05) is 31.2 Å². The normalized spacial score (nSPS) is 12.5. The van der Waals surface area contributed by atoms with Crippen molar-refractivity contribution in [3.05, 3.63) is 40.9 Å². The van der Waals surface area contributed by atoms with Crippen molar-refractivity contribution in [2.45, 2.75) is 12.8 Å². The number of benzene rings is 1. The highest BCUT2D eigenvalue weighted by molar-refractivity contribution is 9.10. The summed E-state index contributed by atoms with van der Waals surface area (Å²) in [4.78, 5) is 0. The molecule has 1 aromatic rings. The smallest absolute Gasteiger partial charge is 0.133 e. The summed E-state index contributed by atoms with van der Waals surface area (Å²) in [5, 5.41) is 9.60. The summed E-state index contributed by atoms with van der Waals surface area (Å²) in [7, 11) is 0. The van der Waals surface area contributed by atoms with E-state index in [0.717, 1.165) is 10.0 Å². The predicted molar refractivity (Wildman–Crippen MR) is 54.4 cm³/mol. The van der Waals surface area contributed by atoms with Crippen LogP contribution in [-0.2, 0) is 0 Å². The third kappa shape index (κ3) is 1.69. The average Bonchev–Trinajstić information content (AvgIpc) is 2.08. The summed E-state index contributed by atoms with van der Waals surface area (Å²) < 4.78 is 0.730. The second-order valence-electron chi connectivity index (χ2n) is 2.70. The number of hydrogen-bond acceptors (Lipinski definition) is 1. The van der Waals surface area contributed by atoms with Crippen LogP contribution in [0.5, 0.6) is 5.75 Å². The van der Waals surface area contributed by atoms with E-state index in [-0.39, 0.29) is 5.92 Å². The fourth-order valence-electron chi connectivity index (χ4n) is 1.03. The van der Waals surface area contributed by atoms with Crippen LogP contribution in [0.3, 0.4) is 0 Å². The van der Waals surface area contributed by atoms with Gasteiger partial charge in [-0.15, -0.1) is 6.58 Å². The van der Waals surface area contributed by atoms with E-state index in [1.54, 1.807) is 0 Å². The Kier molecular flexibility index (Phi) is 2.93. The Morgan fingerprint density at radius 1 is 1.58 bits per heavy atom. The Morgan fingerprint density at radius 2 is 2.25 bits per heavy atom. The first-order valence-electron chi connectivity index (χ1n) is 3.76. The third-order valence-electron chi connectivity index (χ3n) is 1.86. The van der Waals surface area contributed by atoms with Gasteiger partial charge in [0, 0.05) is 11.5 Å². The highest BCUT2D eigenvalue weighted by Gasteiger charge is 2.08. The van der Waals surface area contributed by atoms with Crippen LogP contribution in [0.15, 0.2) is 35.3 Å². The van der Waals surface area contributed by atoms with Crippen LogP contribution in [-0.4, -0.2) is 5.11 Å². The number of phenolic OH excluding ortho intramolecular Hbond substituents is 1. The van der Waals surface area contributed by atoms with Crippen molar-refractivity contribution in [2.75, 3.05) is 0 Å². The van der Waals surface area contributed by atoms with Gasteiger partial charge in [0.05, 0.1) is 4.47 Å². The maximum Gasteiger partial charge on any atom is 0.133 e. The summed E-state index contributed by atoms with van der Waals surface area (Å²) in [5.74, 6) is 0.493. The lowest BCUT2D eigenvalue weighted by atomic mass is 10.0. The predicted octanol–water partition coefficient (Wildman–Crippen LogP) is 3.44. The Hall–Kier alpha value is -0.760. The van der Waals surface area contributed by atoms with Gasteiger partial charge in [-0.25, -0.2) is 0 Å². The van der Waals surface area contributed by atoms with Crippen molar-refractivity contribution in [3.8, 4) is 5.75 Å². The minimum atomic E-state index is 0.183. The monoisotopic (exact) mass is 226 g/mol. The van der Waals surface area contributed by atoms with Crippen LogP contribution in [0.25, 0.3) is 0 Å². The van der Waals surface area contributed by atoms with E-state index < -0.39 is 0 Å². The SMILES string of the molecule is C=CC(C)c1cccc(Br)c1O. The second-order valence-corrected chi connectivity index (χ2v) is 3.56. The molecule has 1 aromatic carbocycles. The molecule has 0 aliphatic carbocycles. The van der Waals surface area contributed by atoms with Gasteiger partial charge in [-0.05, 0) is 22.0 Å². The van der Waals surface area contributed by atoms with E-state index in [2.05, 4.69) is 22.5 Å². The molecule has 0 saturated carbocycles. The zero-order valence-electron chi connectivity index (χ0n) is 6.92. The second kappa shape index (κ2) is 3.76.